The molecule has 0 aromatic heterocycles. The van der Waals surface area contributed by atoms with Gasteiger partial charge in [0.1, 0.15) is 17.1 Å². The zero-order valence-corrected chi connectivity index (χ0v) is 20.4. The van der Waals surface area contributed by atoms with Crippen LogP contribution in [0.2, 0.25) is 5.02 Å². The lowest BCUT2D eigenvalue weighted by Crippen LogP contribution is -2.26. The van der Waals surface area contributed by atoms with Gasteiger partial charge in [-0.15, -0.1) is 0 Å². The molecule has 3 rings (SSSR count). The van der Waals surface area contributed by atoms with Crippen molar-refractivity contribution >= 4 is 44.2 Å². The van der Waals surface area contributed by atoms with Crippen LogP contribution in [0.25, 0.3) is 0 Å². The number of sulfonamides is 1. The van der Waals surface area contributed by atoms with Gasteiger partial charge in [-0.2, -0.15) is 13.2 Å². The number of halogens is 4. The molecule has 8 nitrogen and oxygen atoms in total. The Morgan fingerprint density at radius 2 is 1.78 bits per heavy atom. The Morgan fingerprint density at radius 1 is 1.08 bits per heavy atom. The molecule has 0 heterocycles. The molecule has 0 amide bonds. The Morgan fingerprint density at radius 3 is 2.39 bits per heavy atom. The topological polar surface area (TPSA) is 116 Å². The highest BCUT2D eigenvalue weighted by Gasteiger charge is 2.31. The first kappa shape index (κ1) is 27.5. The van der Waals surface area contributed by atoms with Gasteiger partial charge in [-0.1, -0.05) is 41.6 Å². The number of nitro benzene ring substituents is 1. The number of nitro groups is 1. The smallest absolute Gasteiger partial charge is 0.416 e. The number of ether oxygens (including phenoxy) is 1. The fraction of sp³-hybridized carbons (Fsp3) is 0.136. The van der Waals surface area contributed by atoms with Gasteiger partial charge in [0, 0.05) is 18.4 Å². The van der Waals surface area contributed by atoms with Gasteiger partial charge in [-0.05, 0) is 42.5 Å². The number of hydrogen-bond donors (Lipinski definition) is 1. The van der Waals surface area contributed by atoms with E-state index < -0.39 is 37.5 Å². The molecule has 0 atom stereocenters. The Hall–Kier alpha value is -3.13. The maximum Gasteiger partial charge on any atom is 0.416 e. The number of benzene rings is 3. The predicted molar refractivity (Wildman–Crippen MR) is 128 cm³/mol. The minimum Gasteiger partial charge on any atom is -0.456 e. The standard InChI is InChI=1S/C22H16ClF3N2O6S2/c23-18-12-14(22(24,25)26)6-9-20(18)34-15-7-8-19(28(30)31)17(13-15)21(29)35-11-10-27-36(32,33)16-4-2-1-3-5-16/h1-9,12-13,27H,10-11H2. The summed E-state index contributed by atoms with van der Waals surface area (Å²) >= 11 is 6.52. The van der Waals surface area contributed by atoms with E-state index in [2.05, 4.69) is 4.72 Å². The molecule has 14 heteroatoms. The number of nitrogens with zero attached hydrogens (tertiary/aromatic N) is 1. The van der Waals surface area contributed by atoms with Crippen LogP contribution in [0.15, 0.2) is 71.6 Å². The fourth-order valence-corrected chi connectivity index (χ4v) is 4.98. The van der Waals surface area contributed by atoms with Gasteiger partial charge in [0.05, 0.1) is 20.4 Å². The first-order valence-electron chi connectivity index (χ1n) is 9.93. The van der Waals surface area contributed by atoms with Gasteiger partial charge in [0.15, 0.2) is 0 Å². The molecule has 0 unspecified atom stereocenters. The van der Waals surface area contributed by atoms with Gasteiger partial charge in [-0.3, -0.25) is 14.9 Å². The molecule has 0 spiro atoms. The third-order valence-corrected chi connectivity index (χ3v) is 7.22. The highest BCUT2D eigenvalue weighted by molar-refractivity contribution is 8.14. The number of nitrogens with one attached hydrogen (secondary N) is 1. The van der Waals surface area contributed by atoms with E-state index >= 15 is 0 Å². The molecular weight excluding hydrogens is 545 g/mol. The molecule has 0 fully saturated rings. The summed E-state index contributed by atoms with van der Waals surface area (Å²) in [5.41, 5.74) is -1.85. The molecule has 0 bridgehead atoms. The Kier molecular flexibility index (Phi) is 8.61. The van der Waals surface area contributed by atoms with Crippen molar-refractivity contribution < 1.29 is 36.0 Å². The average molecular weight is 561 g/mol. The number of carbonyl (C=O) groups is 1. The molecule has 190 valence electrons. The second-order valence-corrected chi connectivity index (χ2v) is 10.3. The van der Waals surface area contributed by atoms with E-state index in [-0.39, 0.29) is 39.3 Å². The second kappa shape index (κ2) is 11.3. The van der Waals surface area contributed by atoms with Crippen LogP contribution in [0.1, 0.15) is 15.9 Å². The third kappa shape index (κ3) is 6.97. The molecule has 3 aromatic rings. The van der Waals surface area contributed by atoms with E-state index in [0.29, 0.717) is 17.8 Å². The Bertz CT molecular complexity index is 1390. The van der Waals surface area contributed by atoms with Gasteiger partial charge in [0.25, 0.3) is 5.69 Å². The van der Waals surface area contributed by atoms with E-state index in [1.54, 1.807) is 18.2 Å². The quantitative estimate of drug-likeness (QED) is 0.196. The second-order valence-electron chi connectivity index (χ2n) is 7.03. The number of thioether (sulfide) groups is 1. The lowest BCUT2D eigenvalue weighted by Gasteiger charge is -2.12. The maximum absolute atomic E-state index is 12.8. The summed E-state index contributed by atoms with van der Waals surface area (Å²) in [4.78, 5) is 23.3. The fourth-order valence-electron chi connectivity index (χ4n) is 2.87. The molecule has 0 aliphatic heterocycles. The molecule has 0 aliphatic rings. The van der Waals surface area contributed by atoms with Crippen LogP contribution in [0.5, 0.6) is 11.5 Å². The maximum atomic E-state index is 12.8. The average Bonchev–Trinajstić information content (AvgIpc) is 2.82. The minimum atomic E-state index is -4.61. The predicted octanol–water partition coefficient (Wildman–Crippen LogP) is 5.91. The molecule has 36 heavy (non-hydrogen) atoms. The van der Waals surface area contributed by atoms with Crippen molar-refractivity contribution in [2.24, 2.45) is 0 Å². The van der Waals surface area contributed by atoms with Crippen LogP contribution < -0.4 is 9.46 Å². The van der Waals surface area contributed by atoms with E-state index in [1.807, 2.05) is 0 Å². The number of rotatable bonds is 9. The van der Waals surface area contributed by atoms with E-state index in [9.17, 15) is 36.5 Å². The van der Waals surface area contributed by atoms with Crippen molar-refractivity contribution in [3.63, 3.8) is 0 Å². The van der Waals surface area contributed by atoms with Crippen molar-refractivity contribution in [3.05, 3.63) is 93.0 Å². The summed E-state index contributed by atoms with van der Waals surface area (Å²) in [6, 6.07) is 13.2. The normalized spacial score (nSPS) is 11.8. The summed E-state index contributed by atoms with van der Waals surface area (Å²) in [5, 5.41) is 10.3. The lowest BCUT2D eigenvalue weighted by molar-refractivity contribution is -0.385. The summed E-state index contributed by atoms with van der Waals surface area (Å²) in [5.74, 6) is -0.256. The van der Waals surface area contributed by atoms with Crippen LogP contribution in [0.3, 0.4) is 0 Å². The SMILES string of the molecule is O=C(SCCNS(=O)(=O)c1ccccc1)c1cc(Oc2ccc(C(F)(F)F)cc2Cl)ccc1[N+](=O)[O-]. The van der Waals surface area contributed by atoms with E-state index in [0.717, 1.165) is 24.3 Å². The highest BCUT2D eigenvalue weighted by atomic mass is 35.5. The van der Waals surface area contributed by atoms with Crippen molar-refractivity contribution in [3.8, 4) is 11.5 Å². The summed E-state index contributed by atoms with van der Waals surface area (Å²) in [7, 11) is -3.79. The first-order chi connectivity index (χ1) is 16.9. The lowest BCUT2D eigenvalue weighted by atomic mass is 10.2. The van der Waals surface area contributed by atoms with Gasteiger partial charge in [0.2, 0.25) is 15.1 Å². The largest absolute Gasteiger partial charge is 0.456 e. The van der Waals surface area contributed by atoms with E-state index in [4.69, 9.17) is 16.3 Å². The summed E-state index contributed by atoms with van der Waals surface area (Å²) in [6.07, 6.45) is -4.61. The molecule has 0 aliphatic carbocycles. The van der Waals surface area contributed by atoms with E-state index in [1.165, 1.54) is 18.2 Å². The minimum absolute atomic E-state index is 0.0299. The molecule has 0 radical (unpaired) electrons. The van der Waals surface area contributed by atoms with Gasteiger partial charge in [-0.25, -0.2) is 13.1 Å². The summed E-state index contributed by atoms with van der Waals surface area (Å²) in [6.45, 7) is -0.126. The van der Waals surface area contributed by atoms with Gasteiger partial charge >= 0.3 is 6.18 Å². The van der Waals surface area contributed by atoms with Crippen LogP contribution >= 0.6 is 23.4 Å². The van der Waals surface area contributed by atoms with Crippen molar-refractivity contribution in [1.82, 2.24) is 4.72 Å². The third-order valence-electron chi connectivity index (χ3n) is 4.55. The van der Waals surface area contributed by atoms with Crippen molar-refractivity contribution in [1.29, 1.82) is 0 Å². The first-order valence-corrected chi connectivity index (χ1v) is 12.8. The van der Waals surface area contributed by atoms with Crippen LogP contribution in [-0.2, 0) is 16.2 Å². The van der Waals surface area contributed by atoms with Crippen LogP contribution in [0.4, 0.5) is 18.9 Å². The van der Waals surface area contributed by atoms with Crippen LogP contribution in [-0.4, -0.2) is 30.8 Å². The zero-order valence-electron chi connectivity index (χ0n) is 18.0. The molecule has 1 N–H and O–H groups in total. The molecule has 3 aromatic carbocycles. The molecule has 0 saturated carbocycles. The number of alkyl halides is 3. The zero-order chi connectivity index (χ0) is 26.5. The number of carbonyl (C=O) groups excluding carboxylic acids is 1. The molecular formula is C22H16ClF3N2O6S2. The Balaban J connectivity index is 1.71. The van der Waals surface area contributed by atoms with Crippen molar-refractivity contribution in [2.45, 2.75) is 11.1 Å². The number of hydrogen-bond acceptors (Lipinski definition) is 7. The Labute approximate surface area is 212 Å². The molecule has 0 saturated heterocycles. The van der Waals surface area contributed by atoms with Gasteiger partial charge < -0.3 is 4.74 Å². The van der Waals surface area contributed by atoms with Crippen molar-refractivity contribution in [2.75, 3.05) is 12.3 Å². The highest BCUT2D eigenvalue weighted by Crippen LogP contribution is 2.37. The monoisotopic (exact) mass is 560 g/mol. The van der Waals surface area contributed by atoms with Crippen LogP contribution in [0, 0.1) is 10.1 Å². The summed E-state index contributed by atoms with van der Waals surface area (Å²) < 4.78 is 70.7.